The number of aliphatic hydroxyl groups is 7. The first-order chi connectivity index (χ1) is 23.2. The van der Waals surface area contributed by atoms with Crippen LogP contribution in [0.25, 0.3) is 5.76 Å². The van der Waals surface area contributed by atoms with E-state index in [1.165, 1.54) is 18.6 Å². The number of ether oxygens (including phenoxy) is 5. The van der Waals surface area contributed by atoms with Gasteiger partial charge in [-0.2, -0.15) is 0 Å². The summed E-state index contributed by atoms with van der Waals surface area (Å²) in [6.07, 6.45) is -6.19. The SMILES string of the molecule is C[C@@H]1O[C@@H](O[C@@H]2O[C@H](CO)[C@@H](O)[C@H](O)[C@H]2O)C[C@](C)(O)[C@H]1OC1CC(=O)C=C(c2ccc3c(c2)CCC2C3CC[C@H](C)[C@H](O)CC[C@@H]2O)O1. The molecule has 5 aliphatic rings. The molecule has 2 saturated heterocycles. The van der Waals surface area contributed by atoms with Gasteiger partial charge in [-0.15, -0.1) is 0 Å². The van der Waals surface area contributed by atoms with E-state index in [-0.39, 0.29) is 36.4 Å². The smallest absolute Gasteiger partial charge is 0.207 e. The molecule has 1 saturated carbocycles. The lowest BCUT2D eigenvalue weighted by Crippen LogP contribution is -2.62. The summed E-state index contributed by atoms with van der Waals surface area (Å²) in [7, 11) is 0. The fraction of sp³-hybridized carbons (Fsp3) is 0.750. The van der Waals surface area contributed by atoms with Gasteiger partial charge in [0.1, 0.15) is 36.3 Å². The van der Waals surface area contributed by atoms with E-state index in [2.05, 4.69) is 13.0 Å². The molecule has 13 heteroatoms. The first-order valence-electron chi connectivity index (χ1n) is 17.7. The topological polar surface area (TPSA) is 205 Å². The molecule has 7 N–H and O–H groups in total. The zero-order valence-corrected chi connectivity index (χ0v) is 28.3. The molecule has 3 unspecified atom stereocenters. The van der Waals surface area contributed by atoms with Gasteiger partial charge in [0.2, 0.25) is 6.29 Å². The second-order valence-electron chi connectivity index (χ2n) is 14.9. The largest absolute Gasteiger partial charge is 0.464 e. The van der Waals surface area contributed by atoms with Crippen LogP contribution in [0.15, 0.2) is 24.3 Å². The van der Waals surface area contributed by atoms with Gasteiger partial charge in [-0.05, 0) is 87.3 Å². The minimum atomic E-state index is -1.63. The fourth-order valence-corrected chi connectivity index (χ4v) is 8.36. The number of benzene rings is 1. The third kappa shape index (κ3) is 7.77. The maximum Gasteiger partial charge on any atom is 0.207 e. The average Bonchev–Trinajstić information content (AvgIpc) is 3.11. The Labute approximate surface area is 286 Å². The van der Waals surface area contributed by atoms with E-state index < -0.39 is 79.9 Å². The van der Waals surface area contributed by atoms with Crippen LogP contribution in [0, 0.1) is 11.8 Å². The Morgan fingerprint density at radius 3 is 2.39 bits per heavy atom. The second-order valence-corrected chi connectivity index (χ2v) is 14.9. The van der Waals surface area contributed by atoms with Crippen LogP contribution in [0.2, 0.25) is 0 Å². The average molecular weight is 693 g/mol. The van der Waals surface area contributed by atoms with Crippen molar-refractivity contribution in [1.29, 1.82) is 0 Å². The summed E-state index contributed by atoms with van der Waals surface area (Å²) in [4.78, 5) is 12.9. The number of allylic oxidation sites excluding steroid dienone is 1. The van der Waals surface area contributed by atoms with Crippen LogP contribution in [-0.4, -0.2) is 121 Å². The van der Waals surface area contributed by atoms with Crippen LogP contribution in [0.5, 0.6) is 0 Å². The van der Waals surface area contributed by atoms with E-state index in [4.69, 9.17) is 23.7 Å². The zero-order chi connectivity index (χ0) is 35.2. The Hall–Kier alpha value is -2.01. The van der Waals surface area contributed by atoms with Gasteiger partial charge >= 0.3 is 0 Å². The van der Waals surface area contributed by atoms with Gasteiger partial charge in [-0.25, -0.2) is 0 Å². The first kappa shape index (κ1) is 36.8. The number of aliphatic hydroxyl groups excluding tert-OH is 6. The summed E-state index contributed by atoms with van der Waals surface area (Å²) in [6.45, 7) is 4.66. The summed E-state index contributed by atoms with van der Waals surface area (Å²) < 4.78 is 29.5. The Kier molecular flexibility index (Phi) is 11.2. The third-order valence-electron chi connectivity index (χ3n) is 11.3. The maximum atomic E-state index is 12.9. The molecular formula is C36H52O13. The van der Waals surface area contributed by atoms with Crippen molar-refractivity contribution in [3.05, 3.63) is 41.0 Å². The molecule has 1 aromatic carbocycles. The molecule has 0 aromatic heterocycles. The fourth-order valence-electron chi connectivity index (χ4n) is 8.36. The van der Waals surface area contributed by atoms with Crippen molar-refractivity contribution in [2.45, 2.75) is 151 Å². The van der Waals surface area contributed by atoms with Crippen LogP contribution in [0.1, 0.15) is 88.3 Å². The molecule has 0 bridgehead atoms. The number of hydrogen-bond donors (Lipinski definition) is 7. The van der Waals surface area contributed by atoms with Crippen LogP contribution < -0.4 is 0 Å². The maximum absolute atomic E-state index is 12.9. The van der Waals surface area contributed by atoms with Crippen molar-refractivity contribution < 1.29 is 64.2 Å². The van der Waals surface area contributed by atoms with E-state index >= 15 is 0 Å². The quantitative estimate of drug-likeness (QED) is 0.223. The van der Waals surface area contributed by atoms with Crippen LogP contribution in [0.4, 0.5) is 0 Å². The minimum Gasteiger partial charge on any atom is -0.464 e. The van der Waals surface area contributed by atoms with E-state index in [1.807, 2.05) is 12.1 Å². The number of aryl methyl sites for hydroxylation is 1. The highest BCUT2D eigenvalue weighted by Crippen LogP contribution is 2.45. The zero-order valence-electron chi connectivity index (χ0n) is 28.3. The molecule has 0 radical (unpaired) electrons. The number of fused-ring (bicyclic) bond motifs is 3. The molecule has 15 atom stereocenters. The summed E-state index contributed by atoms with van der Waals surface area (Å²) >= 11 is 0. The molecular weight excluding hydrogens is 640 g/mol. The van der Waals surface area contributed by atoms with Gasteiger partial charge < -0.3 is 59.4 Å². The van der Waals surface area contributed by atoms with Crippen LogP contribution in [0.3, 0.4) is 0 Å². The molecule has 0 spiro atoms. The van der Waals surface area contributed by atoms with Crippen molar-refractivity contribution in [2.24, 2.45) is 11.8 Å². The number of carbonyl (C=O) groups excluding carboxylic acids is 1. The number of hydrogen-bond acceptors (Lipinski definition) is 13. The predicted molar refractivity (Wildman–Crippen MR) is 172 cm³/mol. The van der Waals surface area contributed by atoms with Gasteiger partial charge in [-0.3, -0.25) is 4.79 Å². The van der Waals surface area contributed by atoms with Crippen LogP contribution in [-0.2, 0) is 34.9 Å². The number of rotatable bonds is 6. The summed E-state index contributed by atoms with van der Waals surface area (Å²) in [5.74, 6) is 0.658. The van der Waals surface area contributed by atoms with Crippen molar-refractivity contribution in [3.8, 4) is 0 Å². The molecule has 13 nitrogen and oxygen atoms in total. The monoisotopic (exact) mass is 692 g/mol. The lowest BCUT2D eigenvalue weighted by Gasteiger charge is -2.47. The Morgan fingerprint density at radius 1 is 0.898 bits per heavy atom. The number of ketones is 1. The molecule has 6 rings (SSSR count). The molecule has 3 aliphatic heterocycles. The Morgan fingerprint density at radius 2 is 1.65 bits per heavy atom. The van der Waals surface area contributed by atoms with Crippen molar-refractivity contribution >= 4 is 11.5 Å². The lowest BCUT2D eigenvalue weighted by molar-refractivity contribution is -0.368. The van der Waals surface area contributed by atoms with Crippen LogP contribution >= 0.6 is 0 Å². The van der Waals surface area contributed by atoms with E-state index in [0.29, 0.717) is 18.6 Å². The minimum absolute atomic E-state index is 0.0653. The van der Waals surface area contributed by atoms with Gasteiger partial charge in [0.15, 0.2) is 18.4 Å². The Bertz CT molecular complexity index is 1350. The summed E-state index contributed by atoms with van der Waals surface area (Å²) in [5, 5.41) is 73.1. The highest BCUT2D eigenvalue weighted by molar-refractivity contribution is 5.97. The van der Waals surface area contributed by atoms with Gasteiger partial charge in [0.25, 0.3) is 0 Å². The molecule has 0 amide bonds. The predicted octanol–water partition coefficient (Wildman–Crippen LogP) is 1.01. The van der Waals surface area contributed by atoms with Crippen molar-refractivity contribution in [1.82, 2.24) is 0 Å². The molecule has 3 fully saturated rings. The highest BCUT2D eigenvalue weighted by atomic mass is 16.8. The molecule has 49 heavy (non-hydrogen) atoms. The van der Waals surface area contributed by atoms with Gasteiger partial charge in [-0.1, -0.05) is 19.1 Å². The standard InChI is InChI=1S/C36H52O13/c1-17-4-7-23-22-8-6-20(12-19(22)5-9-24(23)26(40)11-10-25(17)39)27-13-21(38)14-29(46-27)48-34-18(2)45-30(15-36(34,3)44)49-35-33(43)32(42)31(41)28(16-37)47-35/h6,8,12-13,17-18,23-26,28-35,37,39-44H,4-5,7,9-11,14-16H2,1-3H3/t17-,18-,23?,24?,25+,26-,28+,29?,30-,31+,32-,33+,34-,35-,36-/m0/s1. The molecule has 3 heterocycles. The third-order valence-corrected chi connectivity index (χ3v) is 11.3. The Balaban J connectivity index is 1.11. The van der Waals surface area contributed by atoms with Gasteiger partial charge in [0.05, 0.1) is 36.9 Å². The molecule has 274 valence electrons. The van der Waals surface area contributed by atoms with E-state index in [1.54, 1.807) is 6.92 Å². The normalized spacial score (nSPS) is 44.8. The number of carbonyl (C=O) groups is 1. The van der Waals surface area contributed by atoms with Crippen molar-refractivity contribution in [3.63, 3.8) is 0 Å². The van der Waals surface area contributed by atoms with E-state index in [0.717, 1.165) is 36.8 Å². The van der Waals surface area contributed by atoms with E-state index in [9.17, 15) is 40.5 Å². The summed E-state index contributed by atoms with van der Waals surface area (Å²) in [6, 6.07) is 6.06. The molecule has 1 aromatic rings. The highest BCUT2D eigenvalue weighted by Gasteiger charge is 2.50. The first-order valence-corrected chi connectivity index (χ1v) is 17.7. The van der Waals surface area contributed by atoms with Gasteiger partial charge in [0, 0.05) is 18.1 Å². The summed E-state index contributed by atoms with van der Waals surface area (Å²) in [5.41, 5.74) is 1.55. The molecule has 2 aliphatic carbocycles. The van der Waals surface area contributed by atoms with Crippen molar-refractivity contribution in [2.75, 3.05) is 6.61 Å². The lowest BCUT2D eigenvalue weighted by atomic mass is 9.70. The second kappa shape index (κ2) is 14.9.